The summed E-state index contributed by atoms with van der Waals surface area (Å²) in [7, 11) is 4.53. The highest BCUT2D eigenvalue weighted by Crippen LogP contribution is 1.89. The van der Waals surface area contributed by atoms with Crippen LogP contribution in [0.25, 0.3) is 0 Å². The van der Waals surface area contributed by atoms with Gasteiger partial charge >= 0.3 is 16.4 Å². The van der Waals surface area contributed by atoms with Gasteiger partial charge < -0.3 is 9.22 Å². The molecule has 0 atom stereocenters. The summed E-state index contributed by atoms with van der Waals surface area (Å²) in [5.41, 5.74) is 0. The van der Waals surface area contributed by atoms with E-state index in [0.29, 0.717) is 6.61 Å². The molecular weight excluding hydrogens is 262 g/mol. The zero-order chi connectivity index (χ0) is 14.8. The first-order valence-corrected chi connectivity index (χ1v) is 6.37. The fourth-order valence-electron chi connectivity index (χ4n) is 0.547. The number of carbonyl (C=O) groups excluding carboxylic acids is 1. The molecule has 0 aromatic heterocycles. The number of likely N-dealkylation sites (N-methyl/N-ethyl adjacent to an activating group) is 1. The van der Waals surface area contributed by atoms with Gasteiger partial charge in [-0.3, -0.25) is 8.37 Å². The van der Waals surface area contributed by atoms with Crippen molar-refractivity contribution in [2.45, 2.75) is 0 Å². The Labute approximate surface area is 109 Å². The molecule has 0 heterocycles. The average molecular weight is 284 g/mol. The molecule has 0 unspecified atom stereocenters. The third-order valence-electron chi connectivity index (χ3n) is 1.58. The maximum atomic E-state index is 10.6. The summed E-state index contributed by atoms with van der Waals surface area (Å²) in [4.78, 5) is 10.6. The van der Waals surface area contributed by atoms with Crippen LogP contribution in [0.1, 0.15) is 0 Å². The Hall–Kier alpha value is -0.960. The molecule has 0 bridgehead atoms. The summed E-state index contributed by atoms with van der Waals surface area (Å²) in [6, 6.07) is 0. The molecule has 0 aliphatic rings. The lowest BCUT2D eigenvalue weighted by Gasteiger charge is -2.23. The second-order valence-electron chi connectivity index (χ2n) is 4.13. The van der Waals surface area contributed by atoms with Gasteiger partial charge in [-0.1, -0.05) is 6.58 Å². The van der Waals surface area contributed by atoms with Crippen molar-refractivity contribution in [1.29, 1.82) is 0 Å². The zero-order valence-electron chi connectivity index (χ0n) is 11.5. The van der Waals surface area contributed by atoms with E-state index in [1.165, 1.54) is 6.08 Å². The molecule has 0 N–H and O–H groups in total. The van der Waals surface area contributed by atoms with Crippen LogP contribution >= 0.6 is 0 Å². The maximum absolute atomic E-state index is 10.6. The number of nitrogens with zero attached hydrogens (tertiary/aromatic N) is 1. The Morgan fingerprint density at radius 3 is 1.89 bits per heavy atom. The minimum absolute atomic E-state index is 0.349. The highest BCUT2D eigenvalue weighted by molar-refractivity contribution is 7.81. The van der Waals surface area contributed by atoms with E-state index < -0.39 is 10.4 Å². The Kier molecular flexibility index (Phi) is 9.73. The lowest BCUT2D eigenvalue weighted by atomic mass is 10.5. The molecule has 18 heavy (non-hydrogen) atoms. The van der Waals surface area contributed by atoms with Crippen LogP contribution in [0, 0.1) is 0 Å². The predicted octanol–water partition coefficient (Wildman–Crippen LogP) is -0.0542. The number of hydrogen-bond donors (Lipinski definition) is 0. The fourth-order valence-corrected chi connectivity index (χ4v) is 0.683. The van der Waals surface area contributed by atoms with Crippen LogP contribution in [0.2, 0.25) is 0 Å². The van der Waals surface area contributed by atoms with Gasteiger partial charge in [0.05, 0.1) is 35.4 Å². The Morgan fingerprint density at radius 2 is 1.67 bits per heavy atom. The van der Waals surface area contributed by atoms with E-state index in [9.17, 15) is 13.2 Å². The molecule has 0 spiro atoms. The van der Waals surface area contributed by atoms with E-state index >= 15 is 0 Å². The maximum Gasteiger partial charge on any atom is 0.399 e. The number of esters is 1. The first-order valence-electron chi connectivity index (χ1n) is 5.03. The molecule has 0 radical (unpaired) electrons. The highest BCUT2D eigenvalue weighted by atomic mass is 32.3. The molecule has 0 fully saturated rings. The number of ether oxygens (including phenoxy) is 1. The van der Waals surface area contributed by atoms with Crippen LogP contribution in [0.3, 0.4) is 0 Å². The largest absolute Gasteiger partial charge is 0.457 e. The number of quaternary nitrogens is 1. The quantitative estimate of drug-likeness (QED) is 0.386. The van der Waals surface area contributed by atoms with E-state index in [0.717, 1.165) is 25.2 Å². The Balaban J connectivity index is 0. The van der Waals surface area contributed by atoms with Crippen molar-refractivity contribution in [3.05, 3.63) is 12.7 Å². The molecule has 7 nitrogen and oxygen atoms in total. The van der Waals surface area contributed by atoms with Gasteiger partial charge in [-0.05, 0) is 0 Å². The van der Waals surface area contributed by atoms with E-state index in [1.54, 1.807) is 0 Å². The molecule has 0 saturated heterocycles. The Morgan fingerprint density at radius 1 is 1.22 bits per heavy atom. The minimum atomic E-state index is -3.66. The molecular formula is C10H22NO6S+. The van der Waals surface area contributed by atoms with Crippen molar-refractivity contribution >= 4 is 16.4 Å². The van der Waals surface area contributed by atoms with E-state index in [-0.39, 0.29) is 5.97 Å². The lowest BCUT2D eigenvalue weighted by molar-refractivity contribution is -0.870. The monoisotopic (exact) mass is 284 g/mol. The van der Waals surface area contributed by atoms with Gasteiger partial charge in [0.15, 0.2) is 0 Å². The van der Waals surface area contributed by atoms with E-state index in [4.69, 9.17) is 4.74 Å². The van der Waals surface area contributed by atoms with E-state index in [1.807, 2.05) is 21.1 Å². The molecule has 0 aromatic carbocycles. The molecule has 0 aromatic rings. The third-order valence-corrected chi connectivity index (χ3v) is 2.40. The van der Waals surface area contributed by atoms with Crippen LogP contribution in [0.5, 0.6) is 0 Å². The summed E-state index contributed by atoms with van der Waals surface area (Å²) >= 11 is 0. The standard InChI is InChI=1S/C8H16NO2.C2H6O4S/c1-5-8(10)11-7-6-9(2,3)4;1-5-7(3,4)6-2/h5H,1,6-7H2,2-4H3;1-2H3/q+1;. The topological polar surface area (TPSA) is 78.9 Å². The Bertz CT molecular complexity index is 334. The molecule has 0 aliphatic heterocycles. The number of rotatable bonds is 6. The van der Waals surface area contributed by atoms with Gasteiger partial charge in [-0.15, -0.1) is 0 Å². The molecule has 0 aliphatic carbocycles. The summed E-state index contributed by atoms with van der Waals surface area (Å²) in [5.74, 6) is -0.349. The second kappa shape index (κ2) is 9.03. The average Bonchev–Trinajstić information content (AvgIpc) is 2.28. The normalized spacial score (nSPS) is 11.2. The van der Waals surface area contributed by atoms with Crippen molar-refractivity contribution in [3.8, 4) is 0 Å². The van der Waals surface area contributed by atoms with Crippen LogP contribution in [0.15, 0.2) is 12.7 Å². The van der Waals surface area contributed by atoms with Crippen molar-refractivity contribution in [1.82, 2.24) is 0 Å². The van der Waals surface area contributed by atoms with Gasteiger partial charge in [0.25, 0.3) is 0 Å². The van der Waals surface area contributed by atoms with Gasteiger partial charge in [0.1, 0.15) is 13.2 Å². The summed E-state index contributed by atoms with van der Waals surface area (Å²) in [6.45, 7) is 4.57. The molecule has 0 amide bonds. The van der Waals surface area contributed by atoms with Gasteiger partial charge in [-0.25, -0.2) is 4.79 Å². The van der Waals surface area contributed by atoms with Crippen LogP contribution in [-0.4, -0.2) is 67.4 Å². The highest BCUT2D eigenvalue weighted by Gasteiger charge is 2.06. The lowest BCUT2D eigenvalue weighted by Crippen LogP contribution is -2.37. The molecule has 108 valence electrons. The van der Waals surface area contributed by atoms with Crippen molar-refractivity contribution in [2.75, 3.05) is 48.5 Å². The molecule has 0 rings (SSSR count). The summed E-state index contributed by atoms with van der Waals surface area (Å²) in [6.07, 6.45) is 1.18. The van der Waals surface area contributed by atoms with Crippen molar-refractivity contribution < 1.29 is 30.8 Å². The van der Waals surface area contributed by atoms with Crippen molar-refractivity contribution in [2.24, 2.45) is 0 Å². The second-order valence-corrected chi connectivity index (χ2v) is 5.61. The minimum Gasteiger partial charge on any atom is -0.457 e. The van der Waals surface area contributed by atoms with Gasteiger partial charge in [0, 0.05) is 6.08 Å². The fraction of sp³-hybridized carbons (Fsp3) is 0.700. The molecule has 8 heteroatoms. The first kappa shape index (κ1) is 19.4. The van der Waals surface area contributed by atoms with Crippen molar-refractivity contribution in [3.63, 3.8) is 0 Å². The van der Waals surface area contributed by atoms with Gasteiger partial charge in [0.2, 0.25) is 0 Å². The van der Waals surface area contributed by atoms with E-state index in [2.05, 4.69) is 14.9 Å². The smallest absolute Gasteiger partial charge is 0.399 e. The predicted molar refractivity (Wildman–Crippen MR) is 67.0 cm³/mol. The summed E-state index contributed by atoms with van der Waals surface area (Å²) < 4.78 is 33.1. The molecule has 0 saturated carbocycles. The zero-order valence-corrected chi connectivity index (χ0v) is 12.3. The summed E-state index contributed by atoms with van der Waals surface area (Å²) in [5, 5.41) is 0. The number of carbonyl (C=O) groups is 1. The van der Waals surface area contributed by atoms with Crippen LogP contribution in [0.4, 0.5) is 0 Å². The van der Waals surface area contributed by atoms with Crippen LogP contribution < -0.4 is 0 Å². The third kappa shape index (κ3) is 15.0. The van der Waals surface area contributed by atoms with Crippen LogP contribution in [-0.2, 0) is 28.3 Å². The van der Waals surface area contributed by atoms with Gasteiger partial charge in [-0.2, -0.15) is 8.42 Å². The number of hydrogen-bond acceptors (Lipinski definition) is 6. The first-order chi connectivity index (χ1) is 8.08. The SMILES string of the molecule is C=CC(=O)OCC[N+](C)(C)C.COS(=O)(=O)OC.